The number of hydrogen-bond acceptors (Lipinski definition) is 0. The molecule has 0 saturated carbocycles. The number of rotatable bonds is 12. The van der Waals surface area contributed by atoms with Crippen molar-refractivity contribution in [3.05, 3.63) is 82.9 Å². The maximum atomic E-state index is 2.65. The third kappa shape index (κ3) is 6.34. The SMILES string of the molecule is CCCCCC[C]1([Zr+2][C]2(CCCCCC)C=Cc3ccccc32)C=Cc2ccccc21.[Cl-].[Cl-]. The van der Waals surface area contributed by atoms with Crippen LogP contribution < -0.4 is 24.8 Å². The van der Waals surface area contributed by atoms with Crippen LogP contribution in [-0.4, -0.2) is 0 Å². The summed E-state index contributed by atoms with van der Waals surface area (Å²) >= 11 is -0.893. The van der Waals surface area contributed by atoms with E-state index in [2.05, 4.69) is 86.7 Å². The van der Waals surface area contributed by atoms with Crippen molar-refractivity contribution >= 4 is 12.2 Å². The molecule has 2 aliphatic carbocycles. The van der Waals surface area contributed by atoms with Crippen LogP contribution in [0.1, 0.15) is 100 Å². The molecule has 2 atom stereocenters. The molecule has 2 aromatic rings. The first-order chi connectivity index (χ1) is 15.2. The summed E-state index contributed by atoms with van der Waals surface area (Å²) in [4.78, 5) is 0. The molecule has 0 nitrogen and oxygen atoms in total. The van der Waals surface area contributed by atoms with E-state index in [0.29, 0.717) is 6.25 Å². The zero-order valence-electron chi connectivity index (χ0n) is 20.3. The van der Waals surface area contributed by atoms with Gasteiger partial charge in [0.25, 0.3) is 0 Å². The van der Waals surface area contributed by atoms with E-state index in [1.54, 1.807) is 11.1 Å². The first kappa shape index (κ1) is 28.6. The molecule has 0 heterocycles. The largest absolute Gasteiger partial charge is 1.00 e. The van der Waals surface area contributed by atoms with Crippen LogP contribution >= 0.6 is 0 Å². The Bertz CT molecular complexity index is 859. The molecule has 0 radical (unpaired) electrons. The first-order valence-electron chi connectivity index (χ1n) is 12.6. The first-order valence-corrected chi connectivity index (χ1v) is 15.1. The Kier molecular flexibility index (Phi) is 11.7. The summed E-state index contributed by atoms with van der Waals surface area (Å²) in [6, 6.07) is 18.6. The van der Waals surface area contributed by atoms with Gasteiger partial charge in [0, 0.05) is 0 Å². The van der Waals surface area contributed by atoms with Gasteiger partial charge in [0.05, 0.1) is 0 Å². The van der Waals surface area contributed by atoms with E-state index in [-0.39, 0.29) is 24.8 Å². The third-order valence-corrected chi connectivity index (χ3v) is 12.8. The molecule has 0 N–H and O–H groups in total. The van der Waals surface area contributed by atoms with E-state index in [9.17, 15) is 0 Å². The Morgan fingerprint density at radius 1 is 0.576 bits per heavy atom. The molecular formula is C30H38Cl2Zr. The molecule has 0 fully saturated rings. The van der Waals surface area contributed by atoms with Gasteiger partial charge in [0.2, 0.25) is 0 Å². The summed E-state index contributed by atoms with van der Waals surface area (Å²) in [6.45, 7) is 4.64. The van der Waals surface area contributed by atoms with Crippen molar-refractivity contribution in [2.75, 3.05) is 0 Å². The quantitative estimate of drug-likeness (QED) is 0.351. The van der Waals surface area contributed by atoms with Gasteiger partial charge in [-0.25, -0.2) is 0 Å². The van der Waals surface area contributed by atoms with Crippen LogP contribution in [0.15, 0.2) is 60.7 Å². The van der Waals surface area contributed by atoms with Crippen molar-refractivity contribution in [2.24, 2.45) is 0 Å². The van der Waals surface area contributed by atoms with E-state index in [4.69, 9.17) is 0 Å². The summed E-state index contributed by atoms with van der Waals surface area (Å²) in [5, 5.41) is 0. The molecular weight excluding hydrogens is 522 g/mol. The molecule has 2 aliphatic rings. The van der Waals surface area contributed by atoms with Crippen LogP contribution in [0.3, 0.4) is 0 Å². The van der Waals surface area contributed by atoms with Gasteiger partial charge in [-0.05, 0) is 0 Å². The van der Waals surface area contributed by atoms with E-state index in [0.717, 1.165) is 0 Å². The number of fused-ring (bicyclic) bond motifs is 2. The Hall–Kier alpha value is -0.617. The van der Waals surface area contributed by atoms with Crippen molar-refractivity contribution in [1.29, 1.82) is 0 Å². The number of halogens is 2. The van der Waals surface area contributed by atoms with Crippen molar-refractivity contribution in [2.45, 2.75) is 84.3 Å². The van der Waals surface area contributed by atoms with Crippen molar-refractivity contribution in [3.8, 4) is 0 Å². The molecule has 2 unspecified atom stereocenters. The minimum Gasteiger partial charge on any atom is -1.00 e. The van der Waals surface area contributed by atoms with E-state index in [1.807, 2.05) is 0 Å². The van der Waals surface area contributed by atoms with Crippen LogP contribution in [0, 0.1) is 0 Å². The van der Waals surface area contributed by atoms with Gasteiger partial charge in [-0.2, -0.15) is 0 Å². The third-order valence-electron chi connectivity index (χ3n) is 7.27. The smallest absolute Gasteiger partial charge is 1.00 e. The van der Waals surface area contributed by atoms with E-state index >= 15 is 0 Å². The van der Waals surface area contributed by atoms with Gasteiger partial charge in [-0.1, -0.05) is 0 Å². The molecule has 0 bridgehead atoms. The van der Waals surface area contributed by atoms with Gasteiger partial charge in [-0.15, -0.1) is 0 Å². The van der Waals surface area contributed by atoms with Crippen molar-refractivity contribution in [1.82, 2.24) is 0 Å². The fourth-order valence-corrected chi connectivity index (χ4v) is 11.6. The Labute approximate surface area is 226 Å². The number of hydrogen-bond donors (Lipinski definition) is 0. The standard InChI is InChI=1S/2C15H19.2ClH.Zr/c2*1-2-3-4-5-8-13-11-12-14-9-6-7-10-15(13)14;;;/h2*6-7,9-12H,2-5,8H2,1H3;2*1H;/q;;;;+2/p-2. The van der Waals surface area contributed by atoms with Gasteiger partial charge in [0.1, 0.15) is 0 Å². The van der Waals surface area contributed by atoms with Crippen LogP contribution in [0.5, 0.6) is 0 Å². The van der Waals surface area contributed by atoms with Gasteiger partial charge in [0.15, 0.2) is 0 Å². The molecule has 0 spiro atoms. The Morgan fingerprint density at radius 3 is 1.42 bits per heavy atom. The number of allylic oxidation sites excluding steroid dienone is 2. The molecule has 176 valence electrons. The van der Waals surface area contributed by atoms with Gasteiger partial charge in [-0.3, -0.25) is 0 Å². The van der Waals surface area contributed by atoms with Crippen LogP contribution in [0.2, 0.25) is 0 Å². The summed E-state index contributed by atoms with van der Waals surface area (Å²) in [5.41, 5.74) is 6.25. The number of unbranched alkanes of at least 4 members (excludes halogenated alkanes) is 6. The van der Waals surface area contributed by atoms with Crippen LogP contribution in [-0.2, 0) is 29.5 Å². The summed E-state index contributed by atoms with van der Waals surface area (Å²) < 4.78 is 0.667. The topological polar surface area (TPSA) is 0 Å². The van der Waals surface area contributed by atoms with Crippen molar-refractivity contribution < 1.29 is 48.0 Å². The fourth-order valence-electron chi connectivity index (χ4n) is 5.58. The molecule has 33 heavy (non-hydrogen) atoms. The predicted molar refractivity (Wildman–Crippen MR) is 132 cm³/mol. The fraction of sp³-hybridized carbons (Fsp3) is 0.467. The molecule has 2 aromatic carbocycles. The minimum absolute atomic E-state index is 0. The second kappa shape index (κ2) is 13.5. The summed E-state index contributed by atoms with van der Waals surface area (Å²) in [5.74, 6) is 0. The zero-order valence-corrected chi connectivity index (χ0v) is 24.2. The van der Waals surface area contributed by atoms with Gasteiger partial charge >= 0.3 is 203 Å². The predicted octanol–water partition coefficient (Wildman–Crippen LogP) is 2.86. The minimum atomic E-state index is -0.893. The molecule has 0 saturated heterocycles. The normalized spacial score (nSPS) is 21.6. The van der Waals surface area contributed by atoms with Crippen LogP contribution in [0.25, 0.3) is 12.2 Å². The molecule has 0 aliphatic heterocycles. The zero-order chi connectivity index (χ0) is 21.6. The molecule has 0 aromatic heterocycles. The average Bonchev–Trinajstić information content (AvgIpc) is 3.35. The van der Waals surface area contributed by atoms with Gasteiger partial charge < -0.3 is 24.8 Å². The average molecular weight is 561 g/mol. The maximum Gasteiger partial charge on any atom is -1.00 e. The Morgan fingerprint density at radius 2 is 1.00 bits per heavy atom. The van der Waals surface area contributed by atoms with E-state index in [1.165, 1.54) is 75.3 Å². The molecule has 0 amide bonds. The van der Waals surface area contributed by atoms with Crippen LogP contribution in [0.4, 0.5) is 0 Å². The molecule has 3 heteroatoms. The summed E-state index contributed by atoms with van der Waals surface area (Å²) in [7, 11) is 0. The summed E-state index contributed by atoms with van der Waals surface area (Å²) in [6.07, 6.45) is 23.8. The Balaban J connectivity index is 0.00000193. The van der Waals surface area contributed by atoms with E-state index < -0.39 is 23.2 Å². The maximum absolute atomic E-state index is 2.65. The van der Waals surface area contributed by atoms with Crippen molar-refractivity contribution in [3.63, 3.8) is 0 Å². The molecule has 4 rings (SSSR count). The second-order valence-electron chi connectivity index (χ2n) is 9.53. The monoisotopic (exact) mass is 558 g/mol. The second-order valence-corrected chi connectivity index (χ2v) is 14.5. The number of benzene rings is 2.